The zero-order valence-electron chi connectivity index (χ0n) is 20.9. The van der Waals surface area contributed by atoms with E-state index in [1.54, 1.807) is 12.2 Å². The van der Waals surface area contributed by atoms with E-state index in [4.69, 9.17) is 0 Å². The van der Waals surface area contributed by atoms with Gasteiger partial charge in [0.05, 0.1) is 6.67 Å². The molecule has 1 N–H and O–H groups in total. The minimum Gasteiger partial charge on any atom is -0.339 e. The van der Waals surface area contributed by atoms with Crippen molar-refractivity contribution in [2.24, 2.45) is 11.8 Å². The van der Waals surface area contributed by atoms with Crippen LogP contribution in [-0.4, -0.2) is 42.6 Å². The van der Waals surface area contributed by atoms with Crippen LogP contribution in [-0.2, 0) is 4.79 Å². The number of nitrogens with zero attached hydrogens (tertiary/aromatic N) is 2. The third-order valence-electron chi connectivity index (χ3n) is 8.35. The van der Waals surface area contributed by atoms with Gasteiger partial charge in [0.1, 0.15) is 17.2 Å². The van der Waals surface area contributed by atoms with Crippen molar-refractivity contribution in [3.05, 3.63) is 90.0 Å². The molecule has 0 saturated carbocycles. The van der Waals surface area contributed by atoms with E-state index in [2.05, 4.69) is 34.2 Å². The lowest BCUT2D eigenvalue weighted by Crippen LogP contribution is -2.56. The molecule has 5 rings (SSSR count). The molecule has 2 aromatic carbocycles. The Hall–Kier alpha value is -2.99. The summed E-state index contributed by atoms with van der Waals surface area (Å²) in [5.41, 5.74) is 1.73. The van der Waals surface area contributed by atoms with Gasteiger partial charge >= 0.3 is 0 Å². The highest BCUT2D eigenvalue weighted by atomic mass is 19.1. The second-order valence-corrected chi connectivity index (χ2v) is 10.4. The zero-order valence-corrected chi connectivity index (χ0v) is 20.9. The highest BCUT2D eigenvalue weighted by molar-refractivity contribution is 5.93. The molecule has 6 heteroatoms. The number of halogens is 2. The van der Waals surface area contributed by atoms with E-state index < -0.39 is 5.54 Å². The van der Waals surface area contributed by atoms with E-state index >= 15 is 0 Å². The van der Waals surface area contributed by atoms with Crippen molar-refractivity contribution >= 4 is 11.6 Å². The van der Waals surface area contributed by atoms with E-state index in [1.807, 2.05) is 36.4 Å². The number of rotatable bonds is 7. The average molecular weight is 492 g/mol. The molecule has 1 amide bonds. The van der Waals surface area contributed by atoms with Crippen molar-refractivity contribution in [3.8, 4) is 0 Å². The largest absolute Gasteiger partial charge is 0.339 e. The van der Waals surface area contributed by atoms with Crippen LogP contribution in [0.15, 0.2) is 78.7 Å². The van der Waals surface area contributed by atoms with Crippen molar-refractivity contribution in [3.63, 3.8) is 0 Å². The molecule has 0 radical (unpaired) electrons. The number of carbonyl (C=O) groups excluding carboxylic acids is 1. The number of nitrogens with one attached hydrogen (secondary N) is 1. The lowest BCUT2D eigenvalue weighted by molar-refractivity contribution is -0.125. The molecule has 3 unspecified atom stereocenters. The van der Waals surface area contributed by atoms with E-state index in [0.29, 0.717) is 6.67 Å². The number of hydrogen-bond donors (Lipinski definition) is 1. The first kappa shape index (κ1) is 24.7. The maximum Gasteiger partial charge on any atom is 0.247 e. The summed E-state index contributed by atoms with van der Waals surface area (Å²) in [6.45, 7) is 5.33. The number of para-hydroxylation sites is 1. The fourth-order valence-corrected chi connectivity index (χ4v) is 6.30. The SMILES string of the molecule is CC1C=C(F)C=CC1C(CCCN1CCC2(CC1)C(=O)NCN2c1ccccc1)c1ccc(F)cc1. The predicted molar refractivity (Wildman–Crippen MR) is 140 cm³/mol. The van der Waals surface area contributed by atoms with Crippen LogP contribution in [0.25, 0.3) is 0 Å². The summed E-state index contributed by atoms with van der Waals surface area (Å²) < 4.78 is 27.4. The number of amides is 1. The maximum absolute atomic E-state index is 13.8. The molecule has 0 aromatic heterocycles. The molecule has 2 heterocycles. The van der Waals surface area contributed by atoms with Gasteiger partial charge in [-0.15, -0.1) is 0 Å². The first-order valence-electron chi connectivity index (χ1n) is 13.1. The Bertz CT molecular complexity index is 1110. The Balaban J connectivity index is 1.21. The second kappa shape index (κ2) is 10.6. The molecular formula is C30H35F2N3O. The van der Waals surface area contributed by atoms with Crippen molar-refractivity contribution in [1.82, 2.24) is 10.2 Å². The van der Waals surface area contributed by atoms with Gasteiger partial charge in [-0.25, -0.2) is 8.78 Å². The summed E-state index contributed by atoms with van der Waals surface area (Å²) in [6, 6.07) is 17.0. The van der Waals surface area contributed by atoms with Crippen LogP contribution in [0.1, 0.15) is 44.1 Å². The van der Waals surface area contributed by atoms with Gasteiger partial charge in [0.25, 0.3) is 0 Å². The fraction of sp³-hybridized carbons (Fsp3) is 0.433. The molecule has 2 saturated heterocycles. The maximum atomic E-state index is 13.8. The Morgan fingerprint density at radius 2 is 1.78 bits per heavy atom. The van der Waals surface area contributed by atoms with E-state index in [-0.39, 0.29) is 35.3 Å². The third kappa shape index (κ3) is 4.96. The molecule has 3 atom stereocenters. The van der Waals surface area contributed by atoms with Gasteiger partial charge in [0.2, 0.25) is 5.91 Å². The molecule has 2 aromatic rings. The van der Waals surface area contributed by atoms with Crippen LogP contribution < -0.4 is 10.2 Å². The molecule has 3 aliphatic rings. The fourth-order valence-electron chi connectivity index (χ4n) is 6.30. The van der Waals surface area contributed by atoms with E-state index in [9.17, 15) is 13.6 Å². The first-order chi connectivity index (χ1) is 17.5. The molecule has 0 bridgehead atoms. The lowest BCUT2D eigenvalue weighted by atomic mass is 9.74. The Morgan fingerprint density at radius 1 is 1.06 bits per heavy atom. The molecule has 2 fully saturated rings. The van der Waals surface area contributed by atoms with Crippen LogP contribution >= 0.6 is 0 Å². The van der Waals surface area contributed by atoms with Gasteiger partial charge < -0.3 is 15.1 Å². The van der Waals surface area contributed by atoms with Crippen molar-refractivity contribution in [2.75, 3.05) is 31.2 Å². The number of piperidine rings is 1. The number of anilines is 1. The van der Waals surface area contributed by atoms with Crippen LogP contribution in [0.2, 0.25) is 0 Å². The summed E-state index contributed by atoms with van der Waals surface area (Å²) in [4.78, 5) is 17.6. The number of hydrogen-bond acceptors (Lipinski definition) is 3. The highest BCUT2D eigenvalue weighted by Gasteiger charge is 2.50. The predicted octanol–water partition coefficient (Wildman–Crippen LogP) is 5.79. The molecular weight excluding hydrogens is 456 g/mol. The third-order valence-corrected chi connectivity index (χ3v) is 8.35. The molecule has 190 valence electrons. The van der Waals surface area contributed by atoms with Crippen molar-refractivity contribution < 1.29 is 13.6 Å². The summed E-state index contributed by atoms with van der Waals surface area (Å²) in [5, 5.41) is 3.07. The van der Waals surface area contributed by atoms with Gasteiger partial charge in [-0.05, 0) is 92.0 Å². The van der Waals surface area contributed by atoms with Crippen molar-refractivity contribution in [2.45, 2.75) is 44.1 Å². The monoisotopic (exact) mass is 491 g/mol. The Kier molecular flexibility index (Phi) is 7.24. The molecule has 4 nitrogen and oxygen atoms in total. The van der Waals surface area contributed by atoms with Crippen LogP contribution in [0.3, 0.4) is 0 Å². The molecule has 1 aliphatic carbocycles. The summed E-state index contributed by atoms with van der Waals surface area (Å²) in [7, 11) is 0. The number of likely N-dealkylation sites (tertiary alicyclic amines) is 1. The van der Waals surface area contributed by atoms with Crippen LogP contribution in [0.4, 0.5) is 14.5 Å². The van der Waals surface area contributed by atoms with E-state index in [0.717, 1.165) is 56.6 Å². The quantitative estimate of drug-likeness (QED) is 0.532. The summed E-state index contributed by atoms with van der Waals surface area (Å²) in [6.07, 6.45) is 8.79. The second-order valence-electron chi connectivity index (χ2n) is 10.4. The molecule has 2 aliphatic heterocycles. The summed E-state index contributed by atoms with van der Waals surface area (Å²) >= 11 is 0. The van der Waals surface area contributed by atoms with Gasteiger partial charge in [0.15, 0.2) is 0 Å². The molecule has 1 spiro atoms. The van der Waals surface area contributed by atoms with E-state index in [1.165, 1.54) is 12.1 Å². The van der Waals surface area contributed by atoms with Gasteiger partial charge in [-0.1, -0.05) is 43.3 Å². The summed E-state index contributed by atoms with van der Waals surface area (Å²) in [5.74, 6) is 0.191. The topological polar surface area (TPSA) is 35.6 Å². The van der Waals surface area contributed by atoms with Crippen molar-refractivity contribution in [1.29, 1.82) is 0 Å². The number of allylic oxidation sites excluding steroid dienone is 4. The smallest absolute Gasteiger partial charge is 0.247 e. The first-order valence-corrected chi connectivity index (χ1v) is 13.1. The standard InChI is InChI=1S/C30H35F2N3O/c1-22-20-25(32)13-14-27(22)28(23-9-11-24(31)12-10-23)8-5-17-34-18-15-30(16-19-34)29(36)33-21-35(30)26-6-3-2-4-7-26/h2-4,6-7,9-14,20,22,27-28H,5,8,15-19,21H2,1H3,(H,33,36). The lowest BCUT2D eigenvalue weighted by Gasteiger charge is -2.43. The average Bonchev–Trinajstić information content (AvgIpc) is 3.20. The number of benzene rings is 2. The highest BCUT2D eigenvalue weighted by Crippen LogP contribution is 2.40. The zero-order chi connectivity index (χ0) is 25.1. The normalized spacial score (nSPS) is 24.6. The van der Waals surface area contributed by atoms with Gasteiger partial charge in [-0.3, -0.25) is 4.79 Å². The molecule has 36 heavy (non-hydrogen) atoms. The number of carbonyl (C=O) groups is 1. The Morgan fingerprint density at radius 3 is 2.47 bits per heavy atom. The van der Waals surface area contributed by atoms with Crippen LogP contribution in [0.5, 0.6) is 0 Å². The minimum absolute atomic E-state index is 0.0877. The van der Waals surface area contributed by atoms with Crippen LogP contribution in [0, 0.1) is 17.7 Å². The van der Waals surface area contributed by atoms with Gasteiger partial charge in [0, 0.05) is 18.8 Å². The van der Waals surface area contributed by atoms with Gasteiger partial charge in [-0.2, -0.15) is 0 Å². The minimum atomic E-state index is -0.465. The Labute approximate surface area is 212 Å².